The molecule has 1 unspecified atom stereocenters. The highest BCUT2D eigenvalue weighted by Crippen LogP contribution is 2.49. The molecule has 5 rings (SSSR count). The molecule has 1 N–H and O–H groups in total. The number of amides is 1. The van der Waals surface area contributed by atoms with Gasteiger partial charge < -0.3 is 10.1 Å². The van der Waals surface area contributed by atoms with E-state index in [1.807, 2.05) is 36.4 Å². The van der Waals surface area contributed by atoms with Gasteiger partial charge in [-0.3, -0.25) is 9.59 Å². The summed E-state index contributed by atoms with van der Waals surface area (Å²) >= 11 is 0. The minimum atomic E-state index is -0.405. The second-order valence-corrected chi connectivity index (χ2v) is 7.68. The highest BCUT2D eigenvalue weighted by atomic mass is 16.5. The Hall–Kier alpha value is -3.28. The van der Waals surface area contributed by atoms with Crippen LogP contribution in [0, 0.1) is 5.92 Å². The van der Waals surface area contributed by atoms with E-state index >= 15 is 0 Å². The molecule has 6 heteroatoms. The van der Waals surface area contributed by atoms with E-state index in [-0.39, 0.29) is 17.6 Å². The van der Waals surface area contributed by atoms with Crippen LogP contribution >= 0.6 is 0 Å². The molecular formula is C23H21N3O3. The first kappa shape index (κ1) is 17.8. The lowest BCUT2D eigenvalue weighted by Crippen LogP contribution is -2.21. The first-order valence-electron chi connectivity index (χ1n) is 9.95. The summed E-state index contributed by atoms with van der Waals surface area (Å²) in [4.78, 5) is 26.0. The number of ketones is 1. The Morgan fingerprint density at radius 1 is 1.10 bits per heavy atom. The van der Waals surface area contributed by atoms with Gasteiger partial charge in [0.1, 0.15) is 17.5 Å². The van der Waals surface area contributed by atoms with E-state index in [2.05, 4.69) is 15.5 Å². The van der Waals surface area contributed by atoms with E-state index in [0.29, 0.717) is 22.5 Å². The summed E-state index contributed by atoms with van der Waals surface area (Å²) in [6, 6.07) is 12.6. The maximum atomic E-state index is 13.4. The van der Waals surface area contributed by atoms with Crippen molar-refractivity contribution in [2.75, 3.05) is 12.4 Å². The molecule has 2 aliphatic carbocycles. The van der Waals surface area contributed by atoms with Gasteiger partial charge in [-0.15, -0.1) is 0 Å². The highest BCUT2D eigenvalue weighted by Gasteiger charge is 2.42. The van der Waals surface area contributed by atoms with Gasteiger partial charge in [-0.2, -0.15) is 10.2 Å². The van der Waals surface area contributed by atoms with Gasteiger partial charge in [-0.1, -0.05) is 25.0 Å². The van der Waals surface area contributed by atoms with Crippen LogP contribution in [-0.4, -0.2) is 18.8 Å². The van der Waals surface area contributed by atoms with Gasteiger partial charge in [0.15, 0.2) is 5.78 Å². The number of benzene rings is 2. The second kappa shape index (κ2) is 6.95. The zero-order chi connectivity index (χ0) is 20.0. The Kier molecular flexibility index (Phi) is 4.27. The molecule has 1 saturated carbocycles. The number of nitrogens with zero attached hydrogens (tertiary/aromatic N) is 2. The Morgan fingerprint density at radius 3 is 2.59 bits per heavy atom. The number of fused-ring (bicyclic) bond motifs is 3. The maximum absolute atomic E-state index is 13.4. The van der Waals surface area contributed by atoms with Gasteiger partial charge in [0, 0.05) is 11.5 Å². The first-order chi connectivity index (χ1) is 14.2. The van der Waals surface area contributed by atoms with Crippen LogP contribution in [0.25, 0.3) is 5.70 Å². The SMILES string of the molecule is COc1ccc(C2=C3C(=O)c4c(NC(=O)C5CCCC5)cccc4C3N=N2)cc1. The Balaban J connectivity index is 1.51. The van der Waals surface area contributed by atoms with E-state index in [1.165, 1.54) is 0 Å². The number of carbonyl (C=O) groups excluding carboxylic acids is 2. The largest absolute Gasteiger partial charge is 0.497 e. The summed E-state index contributed by atoms with van der Waals surface area (Å²) in [6.07, 6.45) is 4.01. The van der Waals surface area contributed by atoms with Crippen molar-refractivity contribution >= 4 is 23.1 Å². The molecule has 29 heavy (non-hydrogen) atoms. The molecule has 0 radical (unpaired) electrons. The third-order valence-electron chi connectivity index (χ3n) is 6.01. The normalized spacial score (nSPS) is 20.2. The number of rotatable bonds is 4. The zero-order valence-electron chi connectivity index (χ0n) is 16.1. The topological polar surface area (TPSA) is 80.1 Å². The number of hydrogen-bond acceptors (Lipinski definition) is 5. The molecule has 0 spiro atoms. The third kappa shape index (κ3) is 2.87. The lowest BCUT2D eigenvalue weighted by atomic mass is 10.0. The van der Waals surface area contributed by atoms with Gasteiger partial charge in [0.25, 0.3) is 0 Å². The number of nitrogens with one attached hydrogen (secondary N) is 1. The van der Waals surface area contributed by atoms with Crippen LogP contribution in [0.1, 0.15) is 53.2 Å². The van der Waals surface area contributed by atoms with Crippen molar-refractivity contribution in [2.45, 2.75) is 31.7 Å². The zero-order valence-corrected chi connectivity index (χ0v) is 16.1. The van der Waals surface area contributed by atoms with Crippen molar-refractivity contribution in [3.8, 4) is 5.75 Å². The maximum Gasteiger partial charge on any atom is 0.227 e. The number of azo groups is 1. The Bertz CT molecular complexity index is 1060. The molecule has 2 aromatic rings. The molecule has 1 fully saturated rings. The number of methoxy groups -OCH3 is 1. The fourth-order valence-electron chi connectivity index (χ4n) is 4.48. The van der Waals surface area contributed by atoms with Crippen LogP contribution < -0.4 is 10.1 Å². The van der Waals surface area contributed by atoms with E-state index in [9.17, 15) is 9.59 Å². The second-order valence-electron chi connectivity index (χ2n) is 7.68. The lowest BCUT2D eigenvalue weighted by molar-refractivity contribution is -0.119. The van der Waals surface area contributed by atoms with Gasteiger partial charge in [-0.25, -0.2) is 0 Å². The predicted octanol–water partition coefficient (Wildman–Crippen LogP) is 4.94. The molecule has 3 aliphatic rings. The van der Waals surface area contributed by atoms with Gasteiger partial charge >= 0.3 is 0 Å². The monoisotopic (exact) mass is 387 g/mol. The summed E-state index contributed by atoms with van der Waals surface area (Å²) in [5, 5.41) is 11.7. The molecule has 2 aromatic carbocycles. The van der Waals surface area contributed by atoms with Crippen LogP contribution in [0.5, 0.6) is 5.75 Å². The van der Waals surface area contributed by atoms with E-state index in [4.69, 9.17) is 4.74 Å². The van der Waals surface area contributed by atoms with Gasteiger partial charge in [0.05, 0.1) is 23.9 Å². The Labute approximate surface area is 168 Å². The summed E-state index contributed by atoms with van der Waals surface area (Å²) in [6.45, 7) is 0. The van der Waals surface area contributed by atoms with E-state index in [0.717, 1.165) is 42.6 Å². The molecule has 0 aromatic heterocycles. The molecular weight excluding hydrogens is 366 g/mol. The first-order valence-corrected chi connectivity index (χ1v) is 9.95. The number of Topliss-reactive ketones (excluding diaryl/α,β-unsaturated/α-hetero) is 1. The van der Waals surface area contributed by atoms with Crippen molar-refractivity contribution in [1.29, 1.82) is 0 Å². The van der Waals surface area contributed by atoms with Crippen LogP contribution in [0.3, 0.4) is 0 Å². The van der Waals surface area contributed by atoms with Crippen molar-refractivity contribution in [3.63, 3.8) is 0 Å². The smallest absolute Gasteiger partial charge is 0.227 e. The van der Waals surface area contributed by atoms with Gasteiger partial charge in [-0.05, 0) is 48.7 Å². The van der Waals surface area contributed by atoms with Gasteiger partial charge in [0.2, 0.25) is 5.91 Å². The average Bonchev–Trinajstić information content (AvgIpc) is 3.47. The van der Waals surface area contributed by atoms with Crippen LogP contribution in [0.2, 0.25) is 0 Å². The Morgan fingerprint density at radius 2 is 1.86 bits per heavy atom. The summed E-state index contributed by atoms with van der Waals surface area (Å²) in [7, 11) is 1.61. The number of ether oxygens (including phenoxy) is 1. The quantitative estimate of drug-likeness (QED) is 0.807. The summed E-state index contributed by atoms with van der Waals surface area (Å²) in [5.74, 6) is 0.675. The van der Waals surface area contributed by atoms with Crippen molar-refractivity contribution < 1.29 is 14.3 Å². The number of anilines is 1. The van der Waals surface area contributed by atoms with Crippen molar-refractivity contribution in [1.82, 2.24) is 0 Å². The molecule has 1 aliphatic heterocycles. The summed E-state index contributed by atoms with van der Waals surface area (Å²) < 4.78 is 5.21. The standard InChI is InChI=1S/C23H21N3O3/c1-29-15-11-9-13(10-12-15)20-19-21(26-25-20)16-7-4-8-17(18(16)22(19)27)24-23(28)14-5-2-3-6-14/h4,7-12,14,21H,2-3,5-6H2,1H3,(H,24,28). The molecule has 6 nitrogen and oxygen atoms in total. The molecule has 1 amide bonds. The lowest BCUT2D eigenvalue weighted by Gasteiger charge is -2.13. The predicted molar refractivity (Wildman–Crippen MR) is 109 cm³/mol. The fraction of sp³-hybridized carbons (Fsp3) is 0.304. The van der Waals surface area contributed by atoms with Crippen molar-refractivity contribution in [3.05, 3.63) is 64.7 Å². The molecule has 0 bridgehead atoms. The third-order valence-corrected chi connectivity index (χ3v) is 6.01. The van der Waals surface area contributed by atoms with Crippen LogP contribution in [0.4, 0.5) is 5.69 Å². The minimum absolute atomic E-state index is 0.00624. The van der Waals surface area contributed by atoms with E-state index in [1.54, 1.807) is 13.2 Å². The van der Waals surface area contributed by atoms with E-state index < -0.39 is 6.04 Å². The molecule has 1 atom stereocenters. The molecule has 1 heterocycles. The van der Waals surface area contributed by atoms with Crippen LogP contribution in [-0.2, 0) is 4.79 Å². The minimum Gasteiger partial charge on any atom is -0.497 e. The number of carbonyl (C=O) groups is 2. The molecule has 146 valence electrons. The van der Waals surface area contributed by atoms with Crippen molar-refractivity contribution in [2.24, 2.45) is 16.1 Å². The van der Waals surface area contributed by atoms with Crippen LogP contribution in [0.15, 0.2) is 58.3 Å². The average molecular weight is 387 g/mol. The number of hydrogen-bond donors (Lipinski definition) is 1. The highest BCUT2D eigenvalue weighted by molar-refractivity contribution is 6.22. The summed E-state index contributed by atoms with van der Waals surface area (Å²) in [5.41, 5.74) is 3.92. The fourth-order valence-corrected chi connectivity index (χ4v) is 4.48. The molecule has 0 saturated heterocycles.